The van der Waals surface area contributed by atoms with Crippen LogP contribution in [0.3, 0.4) is 0 Å². The van der Waals surface area contributed by atoms with Crippen molar-refractivity contribution in [3.8, 4) is 0 Å². The molecule has 0 bridgehead atoms. The first-order valence-corrected chi connectivity index (χ1v) is 8.38. The molecule has 2 aromatic carbocycles. The fourth-order valence-electron chi connectivity index (χ4n) is 2.46. The highest BCUT2D eigenvalue weighted by Gasteiger charge is 2.27. The SMILES string of the molecule is CO[C@H](C(=O)N[C@H](CC(=O)OCc1ccccc1)C(N)=O)c1ccccc1. The fraction of sp³-hybridized carbons (Fsp3) is 0.250. The Morgan fingerprint density at radius 3 is 2.15 bits per heavy atom. The van der Waals surface area contributed by atoms with Gasteiger partial charge in [-0.05, 0) is 11.1 Å². The highest BCUT2D eigenvalue weighted by Crippen LogP contribution is 2.16. The van der Waals surface area contributed by atoms with Crippen LogP contribution < -0.4 is 11.1 Å². The van der Waals surface area contributed by atoms with Gasteiger partial charge >= 0.3 is 5.97 Å². The van der Waals surface area contributed by atoms with Crippen LogP contribution in [0.5, 0.6) is 0 Å². The van der Waals surface area contributed by atoms with Gasteiger partial charge in [-0.3, -0.25) is 14.4 Å². The summed E-state index contributed by atoms with van der Waals surface area (Å²) in [5, 5.41) is 2.46. The van der Waals surface area contributed by atoms with Gasteiger partial charge in [0.05, 0.1) is 6.42 Å². The van der Waals surface area contributed by atoms with E-state index in [2.05, 4.69) is 5.32 Å². The number of carbonyl (C=O) groups is 3. The molecule has 0 heterocycles. The number of benzene rings is 2. The molecular weight excluding hydrogens is 348 g/mol. The van der Waals surface area contributed by atoms with Crippen LogP contribution in [0.2, 0.25) is 0 Å². The van der Waals surface area contributed by atoms with Crippen LogP contribution in [0.25, 0.3) is 0 Å². The molecule has 0 aliphatic rings. The maximum atomic E-state index is 12.5. The first kappa shape index (κ1) is 20.1. The summed E-state index contributed by atoms with van der Waals surface area (Å²) in [7, 11) is 1.38. The number of rotatable bonds is 9. The summed E-state index contributed by atoms with van der Waals surface area (Å²) < 4.78 is 10.3. The first-order chi connectivity index (χ1) is 13.0. The van der Waals surface area contributed by atoms with Gasteiger partial charge in [0, 0.05) is 7.11 Å². The number of esters is 1. The largest absolute Gasteiger partial charge is 0.461 e. The van der Waals surface area contributed by atoms with E-state index in [0.717, 1.165) is 5.56 Å². The second-order valence-electron chi connectivity index (χ2n) is 5.84. The fourth-order valence-corrected chi connectivity index (χ4v) is 2.46. The molecule has 0 aliphatic heterocycles. The van der Waals surface area contributed by atoms with Crippen molar-refractivity contribution in [3.05, 3.63) is 71.8 Å². The Kier molecular flexibility index (Phi) is 7.51. The van der Waals surface area contributed by atoms with E-state index in [1.165, 1.54) is 7.11 Å². The third kappa shape index (κ3) is 6.23. The normalized spacial score (nSPS) is 12.6. The van der Waals surface area contributed by atoms with Crippen molar-refractivity contribution >= 4 is 17.8 Å². The van der Waals surface area contributed by atoms with Crippen molar-refractivity contribution in [3.63, 3.8) is 0 Å². The Bertz CT molecular complexity index is 764. The van der Waals surface area contributed by atoms with E-state index in [0.29, 0.717) is 5.56 Å². The zero-order chi connectivity index (χ0) is 19.6. The molecule has 0 unspecified atom stereocenters. The molecule has 2 amide bonds. The van der Waals surface area contributed by atoms with E-state index >= 15 is 0 Å². The number of nitrogens with one attached hydrogen (secondary N) is 1. The summed E-state index contributed by atoms with van der Waals surface area (Å²) in [4.78, 5) is 36.1. The van der Waals surface area contributed by atoms with Crippen LogP contribution in [-0.4, -0.2) is 30.9 Å². The third-order valence-corrected chi connectivity index (χ3v) is 3.85. The molecule has 0 spiro atoms. The maximum Gasteiger partial charge on any atom is 0.308 e. The van der Waals surface area contributed by atoms with Crippen LogP contribution in [-0.2, 0) is 30.5 Å². The van der Waals surface area contributed by atoms with Crippen molar-refractivity contribution < 1.29 is 23.9 Å². The van der Waals surface area contributed by atoms with Gasteiger partial charge < -0.3 is 20.5 Å². The lowest BCUT2D eigenvalue weighted by molar-refractivity contribution is -0.147. The minimum atomic E-state index is -1.19. The van der Waals surface area contributed by atoms with Gasteiger partial charge in [0.2, 0.25) is 5.91 Å². The average molecular weight is 370 g/mol. The predicted octanol–water partition coefficient (Wildman–Crippen LogP) is 1.48. The molecule has 0 fully saturated rings. The molecule has 2 rings (SSSR count). The minimum absolute atomic E-state index is 0.0732. The third-order valence-electron chi connectivity index (χ3n) is 3.85. The summed E-state index contributed by atoms with van der Waals surface area (Å²) >= 11 is 0. The van der Waals surface area contributed by atoms with Crippen molar-refractivity contribution in [2.24, 2.45) is 5.73 Å². The number of amides is 2. The van der Waals surface area contributed by atoms with E-state index in [-0.39, 0.29) is 13.0 Å². The van der Waals surface area contributed by atoms with Gasteiger partial charge in [-0.15, -0.1) is 0 Å². The Labute approximate surface area is 157 Å². The number of primary amides is 1. The summed E-state index contributed by atoms with van der Waals surface area (Å²) in [6, 6.07) is 16.7. The monoisotopic (exact) mass is 370 g/mol. The van der Waals surface area contributed by atoms with E-state index in [1.807, 2.05) is 36.4 Å². The predicted molar refractivity (Wildman–Crippen MR) is 98.2 cm³/mol. The van der Waals surface area contributed by atoms with Gasteiger partial charge in [0.15, 0.2) is 6.10 Å². The van der Waals surface area contributed by atoms with Crippen molar-refractivity contribution in [2.45, 2.75) is 25.2 Å². The van der Waals surface area contributed by atoms with Crippen LogP contribution in [0.15, 0.2) is 60.7 Å². The molecule has 27 heavy (non-hydrogen) atoms. The minimum Gasteiger partial charge on any atom is -0.461 e. The van der Waals surface area contributed by atoms with Gasteiger partial charge in [-0.1, -0.05) is 60.7 Å². The van der Waals surface area contributed by atoms with E-state index in [1.54, 1.807) is 24.3 Å². The topological polar surface area (TPSA) is 108 Å². The van der Waals surface area contributed by atoms with Crippen molar-refractivity contribution in [1.29, 1.82) is 0 Å². The summed E-state index contributed by atoms with van der Waals surface area (Å²) in [6.45, 7) is 0.0732. The van der Waals surface area contributed by atoms with E-state index in [4.69, 9.17) is 15.2 Å². The molecule has 2 atom stereocenters. The number of methoxy groups -OCH3 is 1. The summed E-state index contributed by atoms with van der Waals surface area (Å²) in [5.74, 6) is -2.04. The summed E-state index contributed by atoms with van der Waals surface area (Å²) in [5.41, 5.74) is 6.75. The molecule has 0 radical (unpaired) electrons. The zero-order valence-corrected chi connectivity index (χ0v) is 15.0. The zero-order valence-electron chi connectivity index (χ0n) is 15.0. The van der Waals surface area contributed by atoms with Crippen LogP contribution >= 0.6 is 0 Å². The molecule has 0 saturated carbocycles. The number of hydrogen-bond donors (Lipinski definition) is 2. The molecule has 3 N–H and O–H groups in total. The van der Waals surface area contributed by atoms with Gasteiger partial charge in [0.1, 0.15) is 12.6 Å². The number of nitrogens with two attached hydrogens (primary N) is 1. The smallest absolute Gasteiger partial charge is 0.308 e. The second kappa shape index (κ2) is 10.1. The van der Waals surface area contributed by atoms with Gasteiger partial charge in [0.25, 0.3) is 5.91 Å². The summed E-state index contributed by atoms with van der Waals surface area (Å²) in [6.07, 6.45) is -1.28. The standard InChI is InChI=1S/C20H22N2O5/c1-26-18(15-10-6-3-7-11-15)20(25)22-16(19(21)24)12-17(23)27-13-14-8-4-2-5-9-14/h2-11,16,18H,12-13H2,1H3,(H2,21,24)(H,22,25)/t16-,18+/m1/s1. The molecule has 142 valence electrons. The lowest BCUT2D eigenvalue weighted by Gasteiger charge is -2.20. The average Bonchev–Trinajstić information content (AvgIpc) is 2.68. The van der Waals surface area contributed by atoms with Gasteiger partial charge in [-0.25, -0.2) is 0 Å². The maximum absolute atomic E-state index is 12.5. The van der Waals surface area contributed by atoms with Gasteiger partial charge in [-0.2, -0.15) is 0 Å². The molecular formula is C20H22N2O5. The Hall–Kier alpha value is -3.19. The Morgan fingerprint density at radius 2 is 1.59 bits per heavy atom. The number of carbonyl (C=O) groups excluding carboxylic acids is 3. The quantitative estimate of drug-likeness (QED) is 0.650. The van der Waals surface area contributed by atoms with Crippen molar-refractivity contribution in [2.75, 3.05) is 7.11 Å². The van der Waals surface area contributed by atoms with E-state index in [9.17, 15) is 14.4 Å². The highest BCUT2D eigenvalue weighted by molar-refractivity contribution is 5.91. The number of hydrogen-bond acceptors (Lipinski definition) is 5. The molecule has 2 aromatic rings. The lowest BCUT2D eigenvalue weighted by atomic mass is 10.1. The molecule has 7 nitrogen and oxygen atoms in total. The van der Waals surface area contributed by atoms with Crippen LogP contribution in [0, 0.1) is 0 Å². The molecule has 0 saturated heterocycles. The van der Waals surface area contributed by atoms with Crippen molar-refractivity contribution in [1.82, 2.24) is 5.32 Å². The van der Waals surface area contributed by atoms with E-state index < -0.39 is 29.9 Å². The van der Waals surface area contributed by atoms with Crippen LogP contribution in [0.1, 0.15) is 23.7 Å². The molecule has 0 aromatic heterocycles. The lowest BCUT2D eigenvalue weighted by Crippen LogP contribution is -2.47. The highest BCUT2D eigenvalue weighted by atomic mass is 16.5. The molecule has 7 heteroatoms. The first-order valence-electron chi connectivity index (χ1n) is 8.38. The second-order valence-corrected chi connectivity index (χ2v) is 5.84. The molecule has 0 aliphatic carbocycles. The van der Waals surface area contributed by atoms with Crippen LogP contribution in [0.4, 0.5) is 0 Å². The number of ether oxygens (including phenoxy) is 2. The Balaban J connectivity index is 1.94. The Morgan fingerprint density at radius 1 is 1.00 bits per heavy atom.